The first-order valence-electron chi connectivity index (χ1n) is 8.41. The molecule has 3 atom stereocenters. The Balaban J connectivity index is 2.12. The number of piperazine rings is 1. The second-order valence-electron chi connectivity index (χ2n) is 6.91. The zero-order valence-electron chi connectivity index (χ0n) is 14.3. The Kier molecular flexibility index (Phi) is 5.77. The van der Waals surface area contributed by atoms with Crippen LogP contribution in [-0.2, 0) is 6.54 Å². The fourth-order valence-corrected chi connectivity index (χ4v) is 3.21. The van der Waals surface area contributed by atoms with Crippen molar-refractivity contribution in [2.24, 2.45) is 11.8 Å². The van der Waals surface area contributed by atoms with Crippen molar-refractivity contribution in [3.8, 4) is 0 Å². The molecule has 21 heavy (non-hydrogen) atoms. The van der Waals surface area contributed by atoms with Gasteiger partial charge in [0.05, 0.1) is 5.69 Å². The summed E-state index contributed by atoms with van der Waals surface area (Å²) in [6.45, 7) is 14.6. The average molecular weight is 289 g/mol. The highest BCUT2D eigenvalue weighted by atomic mass is 15.2. The quantitative estimate of drug-likeness (QED) is 0.902. The van der Waals surface area contributed by atoms with Crippen molar-refractivity contribution in [3.63, 3.8) is 0 Å². The third-order valence-corrected chi connectivity index (χ3v) is 4.91. The third kappa shape index (κ3) is 4.27. The molecular weight excluding hydrogens is 258 g/mol. The van der Waals surface area contributed by atoms with Gasteiger partial charge in [-0.15, -0.1) is 0 Å². The molecule has 1 aromatic rings. The largest absolute Gasteiger partial charge is 0.311 e. The van der Waals surface area contributed by atoms with Crippen molar-refractivity contribution in [1.82, 2.24) is 15.2 Å². The molecule has 1 N–H and O–H groups in total. The Morgan fingerprint density at radius 1 is 1.33 bits per heavy atom. The molecule has 0 aromatic carbocycles. The first-order valence-corrected chi connectivity index (χ1v) is 8.41. The molecule has 2 rings (SSSR count). The van der Waals surface area contributed by atoms with Gasteiger partial charge in [0.25, 0.3) is 0 Å². The van der Waals surface area contributed by atoms with E-state index in [1.54, 1.807) is 0 Å². The number of aromatic nitrogens is 1. The molecule has 0 amide bonds. The average Bonchev–Trinajstić information content (AvgIpc) is 2.46. The topological polar surface area (TPSA) is 28.2 Å². The molecule has 1 aliphatic rings. The van der Waals surface area contributed by atoms with E-state index < -0.39 is 0 Å². The van der Waals surface area contributed by atoms with E-state index in [9.17, 15) is 0 Å². The van der Waals surface area contributed by atoms with E-state index in [4.69, 9.17) is 4.98 Å². The first-order chi connectivity index (χ1) is 10.0. The number of aryl methyl sites for hydroxylation is 1. The van der Waals surface area contributed by atoms with Gasteiger partial charge in [0.1, 0.15) is 0 Å². The van der Waals surface area contributed by atoms with Gasteiger partial charge in [-0.1, -0.05) is 40.2 Å². The summed E-state index contributed by atoms with van der Waals surface area (Å²) < 4.78 is 0. The summed E-state index contributed by atoms with van der Waals surface area (Å²) >= 11 is 0. The van der Waals surface area contributed by atoms with Crippen LogP contribution in [0.15, 0.2) is 18.2 Å². The highest BCUT2D eigenvalue weighted by Gasteiger charge is 2.32. The van der Waals surface area contributed by atoms with Gasteiger partial charge in [-0.3, -0.25) is 9.88 Å². The summed E-state index contributed by atoms with van der Waals surface area (Å²) in [4.78, 5) is 7.34. The maximum Gasteiger partial charge on any atom is 0.0547 e. The molecule has 3 heteroatoms. The standard InChI is InChI=1S/C18H31N3/c1-6-14(4)18-10-19-17(13(2)3)12-21(18)11-16-9-7-8-15(5)20-16/h7-9,13-14,17-19H,6,10-12H2,1-5H3. The van der Waals surface area contributed by atoms with E-state index in [1.165, 1.54) is 12.1 Å². The first kappa shape index (κ1) is 16.4. The van der Waals surface area contributed by atoms with Gasteiger partial charge in [0.2, 0.25) is 0 Å². The molecule has 118 valence electrons. The van der Waals surface area contributed by atoms with E-state index in [2.05, 4.69) is 63.0 Å². The van der Waals surface area contributed by atoms with Gasteiger partial charge in [-0.2, -0.15) is 0 Å². The molecule has 2 heterocycles. The molecule has 1 aliphatic heterocycles. The fraction of sp³-hybridized carbons (Fsp3) is 0.722. The highest BCUT2D eigenvalue weighted by Crippen LogP contribution is 2.22. The van der Waals surface area contributed by atoms with Crippen LogP contribution in [0.4, 0.5) is 0 Å². The zero-order chi connectivity index (χ0) is 15.4. The van der Waals surface area contributed by atoms with Crippen LogP contribution in [0.25, 0.3) is 0 Å². The van der Waals surface area contributed by atoms with Crippen molar-refractivity contribution in [3.05, 3.63) is 29.6 Å². The molecule has 0 saturated carbocycles. The third-order valence-electron chi connectivity index (χ3n) is 4.91. The summed E-state index contributed by atoms with van der Waals surface area (Å²) in [5.41, 5.74) is 2.32. The number of hydrogen-bond acceptors (Lipinski definition) is 3. The number of rotatable bonds is 5. The molecule has 1 saturated heterocycles. The lowest BCUT2D eigenvalue weighted by molar-refractivity contribution is 0.0711. The van der Waals surface area contributed by atoms with Crippen LogP contribution < -0.4 is 5.32 Å². The van der Waals surface area contributed by atoms with Crippen LogP contribution in [-0.4, -0.2) is 35.1 Å². The molecule has 0 aliphatic carbocycles. The predicted molar refractivity (Wildman–Crippen MR) is 89.3 cm³/mol. The molecule has 0 spiro atoms. The van der Waals surface area contributed by atoms with Gasteiger partial charge in [-0.05, 0) is 30.9 Å². The maximum atomic E-state index is 4.69. The molecule has 0 bridgehead atoms. The fourth-order valence-electron chi connectivity index (χ4n) is 3.21. The minimum Gasteiger partial charge on any atom is -0.311 e. The molecule has 0 radical (unpaired) electrons. The Morgan fingerprint density at radius 2 is 2.10 bits per heavy atom. The van der Waals surface area contributed by atoms with Crippen LogP contribution in [0, 0.1) is 18.8 Å². The van der Waals surface area contributed by atoms with E-state index >= 15 is 0 Å². The predicted octanol–water partition coefficient (Wildman–Crippen LogP) is 3.23. The van der Waals surface area contributed by atoms with Crippen molar-refractivity contribution in [1.29, 1.82) is 0 Å². The number of nitrogens with zero attached hydrogens (tertiary/aromatic N) is 2. The molecule has 3 unspecified atom stereocenters. The summed E-state index contributed by atoms with van der Waals surface area (Å²) in [7, 11) is 0. The smallest absolute Gasteiger partial charge is 0.0547 e. The summed E-state index contributed by atoms with van der Waals surface area (Å²) in [5.74, 6) is 1.39. The van der Waals surface area contributed by atoms with Crippen LogP contribution in [0.3, 0.4) is 0 Å². The van der Waals surface area contributed by atoms with Crippen molar-refractivity contribution in [2.45, 2.75) is 59.7 Å². The van der Waals surface area contributed by atoms with Crippen molar-refractivity contribution < 1.29 is 0 Å². The lowest BCUT2D eigenvalue weighted by Crippen LogP contribution is -2.59. The van der Waals surface area contributed by atoms with Crippen LogP contribution in [0.1, 0.15) is 45.5 Å². The second-order valence-corrected chi connectivity index (χ2v) is 6.91. The summed E-state index contributed by atoms with van der Waals surface area (Å²) in [5, 5.41) is 3.75. The summed E-state index contributed by atoms with van der Waals surface area (Å²) in [6, 6.07) is 7.57. The SMILES string of the molecule is CCC(C)C1CNC(C(C)C)CN1Cc1cccc(C)n1. The second kappa shape index (κ2) is 7.37. The van der Waals surface area contributed by atoms with E-state index in [-0.39, 0.29) is 0 Å². The van der Waals surface area contributed by atoms with Crippen molar-refractivity contribution in [2.75, 3.05) is 13.1 Å². The Morgan fingerprint density at radius 3 is 2.71 bits per heavy atom. The zero-order valence-corrected chi connectivity index (χ0v) is 14.3. The minimum atomic E-state index is 0.593. The van der Waals surface area contributed by atoms with Crippen LogP contribution in [0.5, 0.6) is 0 Å². The van der Waals surface area contributed by atoms with Gasteiger partial charge in [-0.25, -0.2) is 0 Å². The van der Waals surface area contributed by atoms with Crippen LogP contribution in [0.2, 0.25) is 0 Å². The van der Waals surface area contributed by atoms with Gasteiger partial charge in [0.15, 0.2) is 0 Å². The highest BCUT2D eigenvalue weighted by molar-refractivity contribution is 5.10. The van der Waals surface area contributed by atoms with E-state index in [1.807, 2.05) is 0 Å². The lowest BCUT2D eigenvalue weighted by atomic mass is 9.91. The van der Waals surface area contributed by atoms with E-state index in [0.717, 1.165) is 31.2 Å². The number of nitrogens with one attached hydrogen (secondary N) is 1. The van der Waals surface area contributed by atoms with Crippen molar-refractivity contribution >= 4 is 0 Å². The Bertz CT molecular complexity index is 444. The minimum absolute atomic E-state index is 0.593. The Hall–Kier alpha value is -0.930. The Labute approximate surface area is 130 Å². The molecular formula is C18H31N3. The van der Waals surface area contributed by atoms with Gasteiger partial charge < -0.3 is 5.32 Å². The van der Waals surface area contributed by atoms with Gasteiger partial charge >= 0.3 is 0 Å². The molecule has 1 aromatic heterocycles. The number of pyridine rings is 1. The maximum absolute atomic E-state index is 4.69. The molecule has 3 nitrogen and oxygen atoms in total. The lowest BCUT2D eigenvalue weighted by Gasteiger charge is -2.44. The monoisotopic (exact) mass is 289 g/mol. The van der Waals surface area contributed by atoms with E-state index in [0.29, 0.717) is 18.0 Å². The van der Waals surface area contributed by atoms with Crippen LogP contribution >= 0.6 is 0 Å². The van der Waals surface area contributed by atoms with Gasteiger partial charge in [0, 0.05) is 37.4 Å². The summed E-state index contributed by atoms with van der Waals surface area (Å²) in [6.07, 6.45) is 1.23. The normalized spacial score (nSPS) is 25.2. The number of hydrogen-bond donors (Lipinski definition) is 1. The molecule has 1 fully saturated rings.